The fourth-order valence-electron chi connectivity index (χ4n) is 5.75. The number of methoxy groups -OCH3 is 1. The molecule has 208 valence electrons. The number of fused-ring (bicyclic) bond motifs is 3. The molecule has 1 fully saturated rings. The first-order valence-electron chi connectivity index (χ1n) is 12.4. The van der Waals surface area contributed by atoms with Gasteiger partial charge in [0.15, 0.2) is 17.9 Å². The van der Waals surface area contributed by atoms with Gasteiger partial charge >= 0.3 is 0 Å². The topological polar surface area (TPSA) is 206 Å². The molecular weight excluding hydrogens is 514 g/mol. The van der Waals surface area contributed by atoms with Crippen LogP contribution in [-0.4, -0.2) is 86.7 Å². The number of ether oxygens (including phenoxy) is 3. The number of ketones is 3. The number of benzene rings is 2. The molecule has 0 bridgehead atoms. The number of aliphatic hydroxyl groups excluding tert-OH is 2. The Kier molecular flexibility index (Phi) is 6.74. The predicted octanol–water partition coefficient (Wildman–Crippen LogP) is 0.00130. The second-order valence-corrected chi connectivity index (χ2v) is 10.2. The van der Waals surface area contributed by atoms with E-state index in [2.05, 4.69) is 0 Å². The van der Waals surface area contributed by atoms with E-state index in [9.17, 15) is 39.9 Å². The zero-order valence-electron chi connectivity index (χ0n) is 21.2. The van der Waals surface area contributed by atoms with Gasteiger partial charge in [-0.1, -0.05) is 12.1 Å². The molecule has 2 aromatic carbocycles. The second-order valence-electron chi connectivity index (χ2n) is 10.2. The zero-order chi connectivity index (χ0) is 28.4. The number of hydrogen-bond donors (Lipinski definition) is 6. The molecule has 0 spiro atoms. The summed E-state index contributed by atoms with van der Waals surface area (Å²) < 4.78 is 17.0. The summed E-state index contributed by atoms with van der Waals surface area (Å²) in [4.78, 5) is 39.7. The van der Waals surface area contributed by atoms with E-state index in [4.69, 9.17) is 19.9 Å². The molecule has 7 N–H and O–H groups in total. The van der Waals surface area contributed by atoms with E-state index >= 15 is 0 Å². The lowest BCUT2D eigenvalue weighted by atomic mass is 9.72. The van der Waals surface area contributed by atoms with Gasteiger partial charge in [0.05, 0.1) is 42.1 Å². The van der Waals surface area contributed by atoms with Gasteiger partial charge in [-0.05, 0) is 13.0 Å². The highest BCUT2D eigenvalue weighted by Gasteiger charge is 2.50. The maximum atomic E-state index is 13.6. The minimum atomic E-state index is -2.24. The third-order valence-electron chi connectivity index (χ3n) is 7.81. The minimum Gasteiger partial charge on any atom is -0.507 e. The SMILES string of the molecule is COc1cccc2c1C(=O)c1c(O)c3c(c(O)c1C2=O)C[C@@](O)(C(=O)CO)C[C@@H]3OC1C[C@@H](N)[C@H](O)C(C)O1. The van der Waals surface area contributed by atoms with Crippen LogP contribution < -0.4 is 10.5 Å². The molecule has 12 nitrogen and oxygen atoms in total. The summed E-state index contributed by atoms with van der Waals surface area (Å²) in [5, 5.41) is 53.7. The van der Waals surface area contributed by atoms with Crippen molar-refractivity contribution < 1.29 is 54.1 Å². The predicted molar refractivity (Wildman–Crippen MR) is 132 cm³/mol. The number of nitrogens with two attached hydrogens (primary N) is 1. The first-order valence-corrected chi connectivity index (χ1v) is 12.4. The molecule has 0 saturated carbocycles. The van der Waals surface area contributed by atoms with Crippen molar-refractivity contribution in [3.8, 4) is 17.2 Å². The molecule has 3 aliphatic rings. The van der Waals surface area contributed by atoms with Crippen LogP contribution in [0.4, 0.5) is 0 Å². The Balaban J connectivity index is 1.69. The smallest absolute Gasteiger partial charge is 0.202 e. The normalized spacial score (nSPS) is 29.8. The van der Waals surface area contributed by atoms with E-state index in [-0.39, 0.29) is 34.4 Å². The second kappa shape index (κ2) is 9.66. The summed E-state index contributed by atoms with van der Waals surface area (Å²) >= 11 is 0. The number of phenols is 2. The number of aromatic hydroxyl groups is 2. The van der Waals surface area contributed by atoms with Crippen LogP contribution in [0, 0.1) is 0 Å². The van der Waals surface area contributed by atoms with Crippen LogP contribution in [0.2, 0.25) is 0 Å². The highest BCUT2D eigenvalue weighted by Crippen LogP contribution is 2.52. The van der Waals surface area contributed by atoms with Gasteiger partial charge in [-0.3, -0.25) is 14.4 Å². The number of rotatable bonds is 5. The Labute approximate surface area is 222 Å². The molecule has 0 radical (unpaired) electrons. The lowest BCUT2D eigenvalue weighted by molar-refractivity contribution is -0.247. The molecule has 0 aromatic heterocycles. The molecule has 12 heteroatoms. The lowest BCUT2D eigenvalue weighted by Gasteiger charge is -2.42. The Hall–Kier alpha value is -3.39. The van der Waals surface area contributed by atoms with Crippen molar-refractivity contribution in [2.24, 2.45) is 5.73 Å². The number of phenolic OH excluding ortho intramolecular Hbond substituents is 2. The molecule has 2 unspecified atom stereocenters. The Morgan fingerprint density at radius 1 is 1.15 bits per heavy atom. The quantitative estimate of drug-likeness (QED) is 0.235. The Bertz CT molecular complexity index is 1380. The van der Waals surface area contributed by atoms with Crippen molar-refractivity contribution in [1.82, 2.24) is 0 Å². The molecule has 1 saturated heterocycles. The molecule has 0 amide bonds. The van der Waals surface area contributed by atoms with E-state index in [0.717, 1.165) is 0 Å². The van der Waals surface area contributed by atoms with Gasteiger partial charge in [0, 0.05) is 42.0 Å². The van der Waals surface area contributed by atoms with Crippen LogP contribution in [0.5, 0.6) is 17.2 Å². The minimum absolute atomic E-state index is 0.0173. The number of hydrogen-bond acceptors (Lipinski definition) is 12. The summed E-state index contributed by atoms with van der Waals surface area (Å²) in [6.45, 7) is 0.560. The molecule has 39 heavy (non-hydrogen) atoms. The van der Waals surface area contributed by atoms with Crippen molar-refractivity contribution in [1.29, 1.82) is 0 Å². The van der Waals surface area contributed by atoms with Crippen LogP contribution in [-0.2, 0) is 20.7 Å². The van der Waals surface area contributed by atoms with Crippen molar-refractivity contribution >= 4 is 17.3 Å². The lowest BCUT2D eigenvalue weighted by Crippen LogP contribution is -2.53. The summed E-state index contributed by atoms with van der Waals surface area (Å²) in [5.74, 6) is -3.77. The molecule has 2 aliphatic carbocycles. The molecule has 5 rings (SSSR count). The van der Waals surface area contributed by atoms with Crippen LogP contribution >= 0.6 is 0 Å². The maximum Gasteiger partial charge on any atom is 0.202 e. The summed E-state index contributed by atoms with van der Waals surface area (Å²) in [6, 6.07) is 3.64. The molecule has 2 aromatic rings. The maximum absolute atomic E-state index is 13.6. The van der Waals surface area contributed by atoms with Crippen molar-refractivity contribution in [3.63, 3.8) is 0 Å². The first kappa shape index (κ1) is 27.2. The van der Waals surface area contributed by atoms with Crippen molar-refractivity contribution in [2.45, 2.75) is 62.4 Å². The van der Waals surface area contributed by atoms with Crippen LogP contribution in [0.1, 0.15) is 68.8 Å². The standard InChI is InChI=1S/C27H29NO11/c1-10-22(31)13(28)6-17(38-10)39-15-8-27(36,16(30)9-29)7-12-19(15)26(35)21-20(24(12)33)23(32)11-4-3-5-14(37-2)18(11)25(21)34/h3-5,10,13,15,17,22,29,31,33,35-36H,6-9,28H2,1-2H3/t10?,13-,15+,17?,22-,27+/m1/s1. The number of aliphatic hydroxyl groups is 3. The average molecular weight is 544 g/mol. The van der Waals surface area contributed by atoms with E-state index in [1.807, 2.05) is 0 Å². The summed E-state index contributed by atoms with van der Waals surface area (Å²) in [6.07, 6.45) is -5.12. The largest absolute Gasteiger partial charge is 0.507 e. The molecule has 1 aliphatic heterocycles. The fraction of sp³-hybridized carbons (Fsp3) is 0.444. The third-order valence-corrected chi connectivity index (χ3v) is 7.81. The average Bonchev–Trinajstić information content (AvgIpc) is 2.90. The Morgan fingerprint density at radius 3 is 2.49 bits per heavy atom. The summed E-state index contributed by atoms with van der Waals surface area (Å²) in [7, 11) is 1.32. The monoisotopic (exact) mass is 543 g/mol. The third kappa shape index (κ3) is 4.11. The van der Waals surface area contributed by atoms with Gasteiger partial charge in [0.1, 0.15) is 29.5 Å². The van der Waals surface area contributed by atoms with Crippen molar-refractivity contribution in [2.75, 3.05) is 13.7 Å². The van der Waals surface area contributed by atoms with Gasteiger partial charge in [-0.25, -0.2) is 0 Å². The molecule has 1 heterocycles. The number of carbonyl (C=O) groups excluding carboxylic acids is 3. The van der Waals surface area contributed by atoms with E-state index in [1.54, 1.807) is 6.92 Å². The van der Waals surface area contributed by atoms with Crippen LogP contribution in [0.25, 0.3) is 0 Å². The van der Waals surface area contributed by atoms with Gasteiger partial charge < -0.3 is 45.5 Å². The van der Waals surface area contributed by atoms with Crippen LogP contribution in [0.3, 0.4) is 0 Å². The highest BCUT2D eigenvalue weighted by molar-refractivity contribution is 6.31. The fourth-order valence-corrected chi connectivity index (χ4v) is 5.75. The number of carbonyl (C=O) groups is 3. The first-order chi connectivity index (χ1) is 18.4. The van der Waals surface area contributed by atoms with Gasteiger partial charge in [0.25, 0.3) is 0 Å². The Morgan fingerprint density at radius 2 is 1.85 bits per heavy atom. The molecular formula is C27H29NO11. The van der Waals surface area contributed by atoms with Crippen LogP contribution in [0.15, 0.2) is 18.2 Å². The van der Waals surface area contributed by atoms with Gasteiger partial charge in [-0.15, -0.1) is 0 Å². The van der Waals surface area contributed by atoms with E-state index in [0.29, 0.717) is 0 Å². The zero-order valence-corrected chi connectivity index (χ0v) is 21.2. The number of Topliss-reactive ketones (excluding diaryl/α,β-unsaturated/α-hetero) is 1. The highest BCUT2D eigenvalue weighted by atomic mass is 16.7. The van der Waals surface area contributed by atoms with Gasteiger partial charge in [-0.2, -0.15) is 0 Å². The van der Waals surface area contributed by atoms with Crippen molar-refractivity contribution in [3.05, 3.63) is 51.6 Å². The molecule has 6 atom stereocenters. The summed E-state index contributed by atoms with van der Waals surface area (Å²) in [5.41, 5.74) is 2.37. The van der Waals surface area contributed by atoms with E-state index in [1.165, 1.54) is 25.3 Å². The van der Waals surface area contributed by atoms with E-state index < -0.39 is 95.7 Å². The van der Waals surface area contributed by atoms with Gasteiger partial charge in [0.2, 0.25) is 5.78 Å².